The second-order valence-corrected chi connectivity index (χ2v) is 8.98. The topological polar surface area (TPSA) is 79.4 Å². The lowest BCUT2D eigenvalue weighted by Crippen LogP contribution is -2.52. The van der Waals surface area contributed by atoms with E-state index in [0.29, 0.717) is 58.9 Å². The smallest absolute Gasteiger partial charge is 0.272 e. The van der Waals surface area contributed by atoms with Gasteiger partial charge in [0.25, 0.3) is 5.91 Å². The number of carbonyl (C=O) groups is 1. The van der Waals surface area contributed by atoms with Crippen molar-refractivity contribution in [2.75, 3.05) is 31.6 Å². The molecule has 2 aromatic rings. The third kappa shape index (κ3) is 5.31. The molecule has 0 bridgehead atoms. The zero-order chi connectivity index (χ0) is 22.7. The molecule has 0 spiro atoms. The van der Waals surface area contributed by atoms with E-state index in [9.17, 15) is 9.18 Å². The average molecular weight is 482 g/mol. The van der Waals surface area contributed by atoms with E-state index in [1.165, 1.54) is 6.33 Å². The Balaban J connectivity index is 1.38. The standard InChI is InChI=1S/C22H26Cl2FN5O2/c1-13-20(26-12-27-21(13)29-15-2-3-16(23)17(24)10-15)22(31)30-7-4-14(5-8-30)28-19-6-9-32-11-18(19)25/h2-3,10,12,14,18-19,28H,4-9,11H2,1H3,(H,26,27,29)/t18-,19+/m0/s1. The SMILES string of the molecule is Cc1c(Nc2ccc(Cl)c(Cl)c2)ncnc1C(=O)N1CCC(N[C@@H]2CCOC[C@@H]2F)CC1. The van der Waals surface area contributed by atoms with Crippen LogP contribution in [0.5, 0.6) is 0 Å². The van der Waals surface area contributed by atoms with E-state index in [1.54, 1.807) is 23.1 Å². The molecule has 32 heavy (non-hydrogen) atoms. The Bertz CT molecular complexity index is 971. The van der Waals surface area contributed by atoms with Gasteiger partial charge in [-0.05, 0) is 44.4 Å². The molecule has 3 heterocycles. The molecule has 172 valence electrons. The van der Waals surface area contributed by atoms with Gasteiger partial charge >= 0.3 is 0 Å². The van der Waals surface area contributed by atoms with Crippen molar-refractivity contribution >= 4 is 40.6 Å². The van der Waals surface area contributed by atoms with Crippen LogP contribution in [0.25, 0.3) is 0 Å². The number of halogens is 3. The van der Waals surface area contributed by atoms with Crippen LogP contribution in [0, 0.1) is 6.92 Å². The van der Waals surface area contributed by atoms with Gasteiger partial charge in [0.1, 0.15) is 24.0 Å². The number of carbonyl (C=O) groups excluding carboxylic acids is 1. The maximum Gasteiger partial charge on any atom is 0.272 e. The van der Waals surface area contributed by atoms with E-state index in [1.807, 2.05) is 6.92 Å². The van der Waals surface area contributed by atoms with Crippen molar-refractivity contribution in [3.63, 3.8) is 0 Å². The molecule has 0 saturated carbocycles. The number of benzene rings is 1. The maximum atomic E-state index is 14.0. The molecule has 2 aliphatic heterocycles. The van der Waals surface area contributed by atoms with Crippen LogP contribution in [-0.2, 0) is 4.74 Å². The average Bonchev–Trinajstić information content (AvgIpc) is 2.79. The third-order valence-electron chi connectivity index (χ3n) is 5.99. The van der Waals surface area contributed by atoms with Crippen LogP contribution in [-0.4, -0.2) is 65.3 Å². The summed E-state index contributed by atoms with van der Waals surface area (Å²) in [5, 5.41) is 7.48. The van der Waals surface area contributed by atoms with Crippen molar-refractivity contribution in [1.82, 2.24) is 20.2 Å². The summed E-state index contributed by atoms with van der Waals surface area (Å²) >= 11 is 12.1. The van der Waals surface area contributed by atoms with Gasteiger partial charge in [0.05, 0.1) is 16.7 Å². The van der Waals surface area contributed by atoms with Crippen molar-refractivity contribution in [1.29, 1.82) is 0 Å². The molecule has 10 heteroatoms. The monoisotopic (exact) mass is 481 g/mol. The van der Waals surface area contributed by atoms with E-state index < -0.39 is 6.17 Å². The van der Waals surface area contributed by atoms with Crippen LogP contribution >= 0.6 is 23.2 Å². The van der Waals surface area contributed by atoms with Gasteiger partial charge in [-0.15, -0.1) is 0 Å². The summed E-state index contributed by atoms with van der Waals surface area (Å²) in [4.78, 5) is 23.5. The van der Waals surface area contributed by atoms with E-state index >= 15 is 0 Å². The fraction of sp³-hybridized carbons (Fsp3) is 0.500. The van der Waals surface area contributed by atoms with Gasteiger partial charge in [0.2, 0.25) is 0 Å². The number of nitrogens with zero attached hydrogens (tertiary/aromatic N) is 3. The molecule has 0 unspecified atom stereocenters. The van der Waals surface area contributed by atoms with E-state index in [2.05, 4.69) is 20.6 Å². The van der Waals surface area contributed by atoms with Gasteiger partial charge in [-0.25, -0.2) is 14.4 Å². The maximum absolute atomic E-state index is 14.0. The predicted molar refractivity (Wildman–Crippen MR) is 123 cm³/mol. The minimum Gasteiger partial charge on any atom is -0.378 e. The minimum atomic E-state index is -0.978. The van der Waals surface area contributed by atoms with Crippen LogP contribution in [0.15, 0.2) is 24.5 Å². The first-order valence-electron chi connectivity index (χ1n) is 10.7. The summed E-state index contributed by atoms with van der Waals surface area (Å²) in [5.74, 6) is 0.404. The molecule has 2 aliphatic rings. The van der Waals surface area contributed by atoms with Gasteiger partial charge in [-0.1, -0.05) is 23.2 Å². The molecule has 2 atom stereocenters. The number of anilines is 2. The first kappa shape index (κ1) is 23.2. The lowest BCUT2D eigenvalue weighted by molar-refractivity contribution is 0.00840. The lowest BCUT2D eigenvalue weighted by Gasteiger charge is -2.36. The molecule has 1 aromatic carbocycles. The Kier molecular flexibility index (Phi) is 7.45. The molecule has 1 amide bonds. The normalized spacial score (nSPS) is 22.1. The summed E-state index contributed by atoms with van der Waals surface area (Å²) in [7, 11) is 0. The molecule has 0 aliphatic carbocycles. The summed E-state index contributed by atoms with van der Waals surface area (Å²) in [6.07, 6.45) is 2.62. The molecule has 7 nitrogen and oxygen atoms in total. The van der Waals surface area contributed by atoms with Crippen LogP contribution in [0.4, 0.5) is 15.9 Å². The number of aromatic nitrogens is 2. The minimum absolute atomic E-state index is 0.130. The highest BCUT2D eigenvalue weighted by atomic mass is 35.5. The predicted octanol–water partition coefficient (Wildman–Crippen LogP) is 4.16. The Morgan fingerprint density at radius 1 is 1.19 bits per heavy atom. The largest absolute Gasteiger partial charge is 0.378 e. The number of piperidine rings is 1. The Morgan fingerprint density at radius 2 is 1.97 bits per heavy atom. The fourth-order valence-corrected chi connectivity index (χ4v) is 4.39. The number of hydrogen-bond donors (Lipinski definition) is 2. The molecule has 2 N–H and O–H groups in total. The Labute approximate surface area is 196 Å². The highest BCUT2D eigenvalue weighted by Crippen LogP contribution is 2.28. The Hall–Kier alpha value is -2.00. The number of ether oxygens (including phenoxy) is 1. The number of likely N-dealkylation sites (tertiary alicyclic amines) is 1. The molecular weight excluding hydrogens is 456 g/mol. The first-order valence-corrected chi connectivity index (χ1v) is 11.5. The summed E-state index contributed by atoms with van der Waals surface area (Å²) in [6, 6.07) is 5.20. The Morgan fingerprint density at radius 3 is 2.69 bits per heavy atom. The summed E-state index contributed by atoms with van der Waals surface area (Å²) in [6.45, 7) is 3.74. The molecular formula is C22H26Cl2FN5O2. The molecule has 4 rings (SSSR count). The number of nitrogens with one attached hydrogen (secondary N) is 2. The number of alkyl halides is 1. The third-order valence-corrected chi connectivity index (χ3v) is 6.73. The second-order valence-electron chi connectivity index (χ2n) is 8.17. The van der Waals surface area contributed by atoms with Crippen LogP contribution in [0.2, 0.25) is 10.0 Å². The van der Waals surface area contributed by atoms with Gasteiger partial charge in [0, 0.05) is 43.0 Å². The van der Waals surface area contributed by atoms with Crippen molar-refractivity contribution in [3.05, 3.63) is 45.8 Å². The van der Waals surface area contributed by atoms with E-state index in [-0.39, 0.29) is 24.6 Å². The van der Waals surface area contributed by atoms with Crippen molar-refractivity contribution in [3.8, 4) is 0 Å². The van der Waals surface area contributed by atoms with Gasteiger partial charge in [0.15, 0.2) is 0 Å². The number of rotatable bonds is 5. The van der Waals surface area contributed by atoms with Gasteiger partial charge < -0.3 is 20.3 Å². The van der Waals surface area contributed by atoms with E-state index in [4.69, 9.17) is 27.9 Å². The zero-order valence-electron chi connectivity index (χ0n) is 17.8. The van der Waals surface area contributed by atoms with Gasteiger partial charge in [-0.2, -0.15) is 0 Å². The van der Waals surface area contributed by atoms with Crippen LogP contribution in [0.3, 0.4) is 0 Å². The quantitative estimate of drug-likeness (QED) is 0.667. The molecule has 0 radical (unpaired) electrons. The summed E-state index contributed by atoms with van der Waals surface area (Å²) in [5.41, 5.74) is 1.74. The first-order chi connectivity index (χ1) is 15.4. The van der Waals surface area contributed by atoms with Gasteiger partial charge in [-0.3, -0.25) is 4.79 Å². The zero-order valence-corrected chi connectivity index (χ0v) is 19.3. The highest BCUT2D eigenvalue weighted by molar-refractivity contribution is 6.42. The lowest BCUT2D eigenvalue weighted by atomic mass is 10.00. The summed E-state index contributed by atoms with van der Waals surface area (Å²) < 4.78 is 19.2. The van der Waals surface area contributed by atoms with Crippen molar-refractivity contribution in [2.24, 2.45) is 0 Å². The van der Waals surface area contributed by atoms with E-state index in [0.717, 1.165) is 12.8 Å². The fourth-order valence-electron chi connectivity index (χ4n) is 4.10. The highest BCUT2D eigenvalue weighted by Gasteiger charge is 2.31. The molecule has 2 saturated heterocycles. The molecule has 1 aromatic heterocycles. The van der Waals surface area contributed by atoms with Crippen LogP contribution < -0.4 is 10.6 Å². The second kappa shape index (κ2) is 10.3. The number of amides is 1. The number of hydrogen-bond acceptors (Lipinski definition) is 6. The van der Waals surface area contributed by atoms with Crippen molar-refractivity contribution < 1.29 is 13.9 Å². The molecule has 2 fully saturated rings. The van der Waals surface area contributed by atoms with Crippen molar-refractivity contribution in [2.45, 2.75) is 44.4 Å². The van der Waals surface area contributed by atoms with Crippen LogP contribution in [0.1, 0.15) is 35.3 Å².